The van der Waals surface area contributed by atoms with E-state index in [4.69, 9.17) is 9.47 Å². The molecule has 0 aromatic heterocycles. The molecule has 4 atom stereocenters. The molecule has 7 rings (SSSR count). The van der Waals surface area contributed by atoms with Crippen molar-refractivity contribution in [1.29, 1.82) is 0 Å². The molecule has 2 aromatic carbocycles. The van der Waals surface area contributed by atoms with Crippen LogP contribution in [-0.2, 0) is 21.4 Å². The number of piperidine rings is 1. The monoisotopic (exact) mass is 541 g/mol. The molecule has 206 valence electrons. The zero-order valence-electron chi connectivity index (χ0n) is 22.5. The van der Waals surface area contributed by atoms with Gasteiger partial charge in [-0.2, -0.15) is 0 Å². The van der Waals surface area contributed by atoms with Gasteiger partial charge in [-0.25, -0.2) is 0 Å². The largest absolute Gasteiger partial charge is 0.493 e. The molecule has 1 saturated heterocycles. The van der Waals surface area contributed by atoms with Crippen molar-refractivity contribution in [3.8, 4) is 11.5 Å². The lowest BCUT2D eigenvalue weighted by Gasteiger charge is -2.65. The molecule has 9 heteroatoms. The van der Waals surface area contributed by atoms with Crippen molar-refractivity contribution in [2.75, 3.05) is 20.2 Å². The third-order valence-electron chi connectivity index (χ3n) is 9.85. The number of rotatable bonds is 7. The number of ketones is 1. The van der Waals surface area contributed by atoms with E-state index in [-0.39, 0.29) is 23.4 Å². The van der Waals surface area contributed by atoms with Crippen molar-refractivity contribution in [1.82, 2.24) is 10.2 Å². The van der Waals surface area contributed by atoms with Gasteiger partial charge < -0.3 is 14.8 Å². The molecule has 3 aliphatic carbocycles. The normalized spacial score (nSPS) is 31.6. The number of nitro benzene ring substituents is 1. The first-order valence-corrected chi connectivity index (χ1v) is 13.8. The molecule has 0 radical (unpaired) electrons. The van der Waals surface area contributed by atoms with Crippen LogP contribution in [0.4, 0.5) is 5.69 Å². The van der Waals surface area contributed by atoms with E-state index in [1.165, 1.54) is 31.1 Å². The maximum absolute atomic E-state index is 13.7. The summed E-state index contributed by atoms with van der Waals surface area (Å²) in [6.45, 7) is 3.65. The van der Waals surface area contributed by atoms with Crippen LogP contribution in [0, 0.1) is 16.0 Å². The molecular formula is C31H31N3O6. The highest BCUT2D eigenvalue weighted by Crippen LogP contribution is 2.67. The number of likely N-dealkylation sites (tertiary alicyclic amines) is 1. The van der Waals surface area contributed by atoms with E-state index >= 15 is 0 Å². The lowest BCUT2D eigenvalue weighted by Crippen LogP contribution is -2.83. The van der Waals surface area contributed by atoms with Crippen LogP contribution in [0.5, 0.6) is 11.5 Å². The first-order chi connectivity index (χ1) is 19.2. The molecule has 0 unspecified atom stereocenters. The van der Waals surface area contributed by atoms with Gasteiger partial charge in [0.1, 0.15) is 0 Å². The highest BCUT2D eigenvalue weighted by molar-refractivity contribution is 6.03. The Morgan fingerprint density at radius 2 is 2.02 bits per heavy atom. The Labute approximate surface area is 232 Å². The number of benzene rings is 2. The Balaban J connectivity index is 1.34. The molecular weight excluding hydrogens is 510 g/mol. The number of carbonyl (C=O) groups excluding carboxylic acids is 2. The van der Waals surface area contributed by atoms with Gasteiger partial charge >= 0.3 is 0 Å². The Morgan fingerprint density at radius 1 is 1.25 bits per heavy atom. The standard InChI is InChI=1S/C31H31N3O6/c1-29-25(35)13-14-31(32-26(36)12-7-19-5-9-22(10-6-19)34(37)38)24-17-21-8-11-23(39-2)28(40-29)27(21)30(29,31)15-16-33(24)18-20-3-4-20/h5-14,20,24H,3-4,15-18H2,1-2H3,(H,32,36)/b12-7+/t24-,29+,30+,31-/m1/s1. The van der Waals surface area contributed by atoms with E-state index in [0.717, 1.165) is 24.2 Å². The van der Waals surface area contributed by atoms with Gasteiger partial charge in [-0.3, -0.25) is 24.6 Å². The molecule has 2 aromatic rings. The van der Waals surface area contributed by atoms with Crippen LogP contribution >= 0.6 is 0 Å². The summed E-state index contributed by atoms with van der Waals surface area (Å²) in [7, 11) is 1.60. The molecule has 1 amide bonds. The number of methoxy groups -OCH3 is 1. The van der Waals surface area contributed by atoms with Crippen LogP contribution in [0.3, 0.4) is 0 Å². The highest BCUT2D eigenvalue weighted by atomic mass is 16.6. The summed E-state index contributed by atoms with van der Waals surface area (Å²) in [5, 5.41) is 14.4. The third-order valence-corrected chi connectivity index (χ3v) is 9.85. The van der Waals surface area contributed by atoms with E-state index < -0.39 is 21.5 Å². The number of hydrogen-bond donors (Lipinski definition) is 1. The number of nitro groups is 1. The number of nitrogens with zero attached hydrogens (tertiary/aromatic N) is 2. The molecule has 1 saturated carbocycles. The summed E-state index contributed by atoms with van der Waals surface area (Å²) >= 11 is 0. The fraction of sp³-hybridized carbons (Fsp3) is 0.419. The van der Waals surface area contributed by atoms with Gasteiger partial charge in [0.05, 0.1) is 23.0 Å². The second-order valence-electron chi connectivity index (χ2n) is 11.8. The van der Waals surface area contributed by atoms with Crippen LogP contribution < -0.4 is 14.8 Å². The van der Waals surface area contributed by atoms with Crippen molar-refractivity contribution in [3.05, 3.63) is 81.4 Å². The van der Waals surface area contributed by atoms with Gasteiger partial charge in [-0.1, -0.05) is 12.1 Å². The molecule has 1 spiro atoms. The minimum Gasteiger partial charge on any atom is -0.493 e. The fourth-order valence-corrected chi connectivity index (χ4v) is 7.83. The number of carbonyl (C=O) groups is 2. The van der Waals surface area contributed by atoms with Gasteiger partial charge in [-0.15, -0.1) is 0 Å². The zero-order chi connectivity index (χ0) is 27.9. The molecule has 2 bridgehead atoms. The topological polar surface area (TPSA) is 111 Å². The predicted octanol–water partition coefficient (Wildman–Crippen LogP) is 3.74. The van der Waals surface area contributed by atoms with E-state index in [2.05, 4.69) is 16.3 Å². The number of nitrogens with one attached hydrogen (secondary N) is 1. The SMILES string of the molecule is COc1ccc2c3c1O[C@@]1(C)C(=O)C=C[C@@]4(NC(=O)/C=C/c5ccc([N+](=O)[O-])cc5)[C@@H](C2)N(CC2CC2)CC[C@]314. The van der Waals surface area contributed by atoms with Crippen molar-refractivity contribution in [2.24, 2.45) is 5.92 Å². The van der Waals surface area contributed by atoms with E-state index in [1.54, 1.807) is 31.4 Å². The average Bonchev–Trinajstić information content (AvgIpc) is 3.71. The Morgan fingerprint density at radius 3 is 2.73 bits per heavy atom. The molecule has 1 N–H and O–H groups in total. The Bertz CT molecular complexity index is 1510. The molecule has 5 aliphatic rings. The summed E-state index contributed by atoms with van der Waals surface area (Å²) in [5.41, 5.74) is -0.0971. The van der Waals surface area contributed by atoms with Crippen LogP contribution in [0.15, 0.2) is 54.6 Å². The molecule has 9 nitrogen and oxygen atoms in total. The van der Waals surface area contributed by atoms with Gasteiger partial charge in [0.15, 0.2) is 22.9 Å². The smallest absolute Gasteiger partial charge is 0.269 e. The quantitative estimate of drug-likeness (QED) is 0.323. The second-order valence-corrected chi connectivity index (χ2v) is 11.8. The van der Waals surface area contributed by atoms with Crippen molar-refractivity contribution in [2.45, 2.75) is 55.2 Å². The lowest BCUT2D eigenvalue weighted by molar-refractivity contribution is -0.384. The molecule has 2 heterocycles. The first kappa shape index (κ1) is 25.0. The Hall–Kier alpha value is -3.98. The predicted molar refractivity (Wildman–Crippen MR) is 147 cm³/mol. The van der Waals surface area contributed by atoms with Crippen LogP contribution in [0.2, 0.25) is 0 Å². The van der Waals surface area contributed by atoms with E-state index in [9.17, 15) is 19.7 Å². The maximum atomic E-state index is 13.7. The number of non-ortho nitro benzene ring substituents is 1. The molecule has 2 fully saturated rings. The maximum Gasteiger partial charge on any atom is 0.269 e. The molecule has 2 aliphatic heterocycles. The first-order valence-electron chi connectivity index (χ1n) is 13.8. The third kappa shape index (κ3) is 3.24. The Kier molecular flexibility index (Phi) is 5.32. The zero-order valence-corrected chi connectivity index (χ0v) is 22.5. The van der Waals surface area contributed by atoms with Gasteiger partial charge in [0.2, 0.25) is 5.91 Å². The minimum atomic E-state index is -1.20. The van der Waals surface area contributed by atoms with Crippen LogP contribution in [0.25, 0.3) is 6.08 Å². The lowest BCUT2D eigenvalue weighted by atomic mass is 9.45. The summed E-state index contributed by atoms with van der Waals surface area (Å²) in [5.74, 6) is 1.45. The second kappa shape index (κ2) is 8.51. The van der Waals surface area contributed by atoms with E-state index in [1.807, 2.05) is 19.1 Å². The van der Waals surface area contributed by atoms with Gasteiger partial charge in [-0.05, 0) is 86.5 Å². The molecule has 40 heavy (non-hydrogen) atoms. The van der Waals surface area contributed by atoms with Crippen molar-refractivity contribution >= 4 is 23.5 Å². The fourth-order valence-electron chi connectivity index (χ4n) is 7.83. The van der Waals surface area contributed by atoms with Crippen molar-refractivity contribution < 1.29 is 24.0 Å². The van der Waals surface area contributed by atoms with Crippen LogP contribution in [-0.4, -0.2) is 58.9 Å². The van der Waals surface area contributed by atoms with Gasteiger partial charge in [0, 0.05) is 36.4 Å². The van der Waals surface area contributed by atoms with E-state index in [0.29, 0.717) is 35.8 Å². The highest BCUT2D eigenvalue weighted by Gasteiger charge is 2.77. The number of ether oxygens (including phenoxy) is 2. The van der Waals surface area contributed by atoms with Crippen molar-refractivity contribution in [3.63, 3.8) is 0 Å². The van der Waals surface area contributed by atoms with Gasteiger partial charge in [0.25, 0.3) is 5.69 Å². The summed E-state index contributed by atoms with van der Waals surface area (Å²) < 4.78 is 12.3. The summed E-state index contributed by atoms with van der Waals surface area (Å²) in [6, 6.07) is 10.0. The van der Waals surface area contributed by atoms with Crippen LogP contribution in [0.1, 0.15) is 42.9 Å². The average molecular weight is 542 g/mol. The summed E-state index contributed by atoms with van der Waals surface area (Å²) in [4.78, 5) is 40.5. The summed E-state index contributed by atoms with van der Waals surface area (Å²) in [6.07, 6.45) is 10.4. The number of amides is 1. The number of hydrogen-bond acceptors (Lipinski definition) is 7. The minimum absolute atomic E-state index is 0.00666.